The van der Waals surface area contributed by atoms with E-state index in [1.807, 2.05) is 12.1 Å². The molecule has 0 radical (unpaired) electrons. The van der Waals surface area contributed by atoms with Crippen LogP contribution < -0.4 is 5.32 Å². The van der Waals surface area contributed by atoms with Crippen molar-refractivity contribution in [2.24, 2.45) is 0 Å². The van der Waals surface area contributed by atoms with Gasteiger partial charge in [-0.15, -0.1) is 0 Å². The van der Waals surface area contributed by atoms with Gasteiger partial charge in [0.1, 0.15) is 11.8 Å². The molecule has 0 unspecified atom stereocenters. The fraction of sp³-hybridized carbons (Fsp3) is 0.538. The molecule has 0 spiro atoms. The zero-order valence-electron chi connectivity index (χ0n) is 10.6. The molecule has 4 heteroatoms. The normalized spacial score (nSPS) is 10.5. The standard InChI is InChI=1S/C13H20N4/c1-3-17(4-2)9-8-15-11-12-6-5-7-16-13(12)10-14/h5-7,15H,3-4,8-9,11H2,1-2H3. The first kappa shape index (κ1) is 13.6. The van der Waals surface area contributed by atoms with Crippen LogP contribution in [0.2, 0.25) is 0 Å². The van der Waals surface area contributed by atoms with Crippen molar-refractivity contribution in [2.45, 2.75) is 20.4 Å². The van der Waals surface area contributed by atoms with Crippen molar-refractivity contribution in [3.63, 3.8) is 0 Å². The van der Waals surface area contributed by atoms with Gasteiger partial charge in [0, 0.05) is 31.4 Å². The number of hydrogen-bond donors (Lipinski definition) is 1. The average Bonchev–Trinajstić information content (AvgIpc) is 2.39. The van der Waals surface area contributed by atoms with Crippen molar-refractivity contribution in [1.29, 1.82) is 5.26 Å². The molecule has 0 aromatic carbocycles. The highest BCUT2D eigenvalue weighted by atomic mass is 15.1. The number of nitrogens with one attached hydrogen (secondary N) is 1. The van der Waals surface area contributed by atoms with E-state index in [4.69, 9.17) is 5.26 Å². The Morgan fingerprint density at radius 1 is 1.41 bits per heavy atom. The van der Waals surface area contributed by atoms with Crippen LogP contribution in [0.5, 0.6) is 0 Å². The summed E-state index contributed by atoms with van der Waals surface area (Å²) >= 11 is 0. The fourth-order valence-corrected chi connectivity index (χ4v) is 1.68. The van der Waals surface area contributed by atoms with Gasteiger partial charge in [0.15, 0.2) is 0 Å². The maximum absolute atomic E-state index is 8.89. The number of aromatic nitrogens is 1. The number of nitriles is 1. The predicted molar refractivity (Wildman–Crippen MR) is 68.4 cm³/mol. The summed E-state index contributed by atoms with van der Waals surface area (Å²) in [4.78, 5) is 6.39. The summed E-state index contributed by atoms with van der Waals surface area (Å²) in [5, 5.41) is 12.2. The van der Waals surface area contributed by atoms with Gasteiger partial charge in [-0.2, -0.15) is 5.26 Å². The number of hydrogen-bond acceptors (Lipinski definition) is 4. The molecule has 0 fully saturated rings. The molecular formula is C13H20N4. The van der Waals surface area contributed by atoms with E-state index in [9.17, 15) is 0 Å². The Labute approximate surface area is 103 Å². The molecule has 1 heterocycles. The van der Waals surface area contributed by atoms with Crippen LogP contribution in [0.25, 0.3) is 0 Å². The summed E-state index contributed by atoms with van der Waals surface area (Å²) in [7, 11) is 0. The van der Waals surface area contributed by atoms with Crippen molar-refractivity contribution in [1.82, 2.24) is 15.2 Å². The third-order valence-corrected chi connectivity index (χ3v) is 2.81. The maximum atomic E-state index is 8.89. The molecule has 1 N–H and O–H groups in total. The summed E-state index contributed by atoms with van der Waals surface area (Å²) in [5.74, 6) is 0. The zero-order valence-corrected chi connectivity index (χ0v) is 10.6. The van der Waals surface area contributed by atoms with Crippen LogP contribution in [0.15, 0.2) is 18.3 Å². The molecule has 0 saturated carbocycles. The third kappa shape index (κ3) is 4.51. The zero-order chi connectivity index (χ0) is 12.5. The first-order valence-electron chi connectivity index (χ1n) is 6.08. The molecule has 92 valence electrons. The number of pyridine rings is 1. The van der Waals surface area contributed by atoms with E-state index in [1.54, 1.807) is 6.20 Å². The highest BCUT2D eigenvalue weighted by Gasteiger charge is 2.02. The predicted octanol–water partition coefficient (Wildman–Crippen LogP) is 1.38. The second-order valence-corrected chi connectivity index (χ2v) is 3.83. The number of rotatable bonds is 7. The van der Waals surface area contributed by atoms with E-state index in [0.717, 1.165) is 31.7 Å². The molecule has 4 nitrogen and oxygen atoms in total. The van der Waals surface area contributed by atoms with Crippen LogP contribution >= 0.6 is 0 Å². The van der Waals surface area contributed by atoms with Crippen LogP contribution in [0.4, 0.5) is 0 Å². The van der Waals surface area contributed by atoms with Crippen molar-refractivity contribution in [2.75, 3.05) is 26.2 Å². The molecule has 0 aliphatic carbocycles. The van der Waals surface area contributed by atoms with E-state index >= 15 is 0 Å². The van der Waals surface area contributed by atoms with Gasteiger partial charge in [0.2, 0.25) is 0 Å². The fourth-order valence-electron chi connectivity index (χ4n) is 1.68. The summed E-state index contributed by atoms with van der Waals surface area (Å²) in [6, 6.07) is 5.91. The molecular weight excluding hydrogens is 212 g/mol. The summed E-state index contributed by atoms with van der Waals surface area (Å²) in [6.07, 6.45) is 1.65. The van der Waals surface area contributed by atoms with Crippen LogP contribution in [0, 0.1) is 11.3 Å². The lowest BCUT2D eigenvalue weighted by atomic mass is 10.2. The van der Waals surface area contributed by atoms with Crippen LogP contribution in [-0.4, -0.2) is 36.1 Å². The van der Waals surface area contributed by atoms with E-state index in [0.29, 0.717) is 12.2 Å². The van der Waals surface area contributed by atoms with Crippen molar-refractivity contribution >= 4 is 0 Å². The highest BCUT2D eigenvalue weighted by Crippen LogP contribution is 2.02. The Morgan fingerprint density at radius 3 is 2.82 bits per heavy atom. The summed E-state index contributed by atoms with van der Waals surface area (Å²) < 4.78 is 0. The smallest absolute Gasteiger partial charge is 0.144 e. The second kappa shape index (κ2) is 7.77. The van der Waals surface area contributed by atoms with E-state index in [-0.39, 0.29) is 0 Å². The maximum Gasteiger partial charge on any atom is 0.144 e. The summed E-state index contributed by atoms with van der Waals surface area (Å²) in [6.45, 7) is 9.16. The molecule has 0 bridgehead atoms. The number of likely N-dealkylation sites (N-methyl/N-ethyl adjacent to an activating group) is 1. The van der Waals surface area contributed by atoms with Gasteiger partial charge in [-0.3, -0.25) is 0 Å². The summed E-state index contributed by atoms with van der Waals surface area (Å²) in [5.41, 5.74) is 1.48. The van der Waals surface area contributed by atoms with Crippen LogP contribution in [0.3, 0.4) is 0 Å². The SMILES string of the molecule is CCN(CC)CCNCc1cccnc1C#N. The van der Waals surface area contributed by atoms with E-state index < -0.39 is 0 Å². The molecule has 0 saturated heterocycles. The molecule has 0 amide bonds. The Hall–Kier alpha value is -1.44. The van der Waals surface area contributed by atoms with Crippen LogP contribution in [-0.2, 0) is 6.54 Å². The van der Waals surface area contributed by atoms with Gasteiger partial charge in [0.25, 0.3) is 0 Å². The quantitative estimate of drug-likeness (QED) is 0.722. The van der Waals surface area contributed by atoms with E-state index in [1.165, 1.54) is 0 Å². The minimum Gasteiger partial charge on any atom is -0.311 e. The lowest BCUT2D eigenvalue weighted by molar-refractivity contribution is 0.302. The largest absolute Gasteiger partial charge is 0.311 e. The van der Waals surface area contributed by atoms with Crippen molar-refractivity contribution in [3.8, 4) is 6.07 Å². The monoisotopic (exact) mass is 232 g/mol. The lowest BCUT2D eigenvalue weighted by Gasteiger charge is -2.18. The Balaban J connectivity index is 2.34. The van der Waals surface area contributed by atoms with Gasteiger partial charge in [-0.25, -0.2) is 4.98 Å². The number of nitrogens with zero attached hydrogens (tertiary/aromatic N) is 3. The molecule has 0 aliphatic heterocycles. The van der Waals surface area contributed by atoms with Gasteiger partial charge in [-0.05, 0) is 19.2 Å². The minimum atomic E-state index is 0.517. The molecule has 1 rings (SSSR count). The Morgan fingerprint density at radius 2 is 2.18 bits per heavy atom. The Kier molecular flexibility index (Phi) is 6.23. The lowest BCUT2D eigenvalue weighted by Crippen LogP contribution is -2.31. The topological polar surface area (TPSA) is 52.0 Å². The van der Waals surface area contributed by atoms with Crippen molar-refractivity contribution in [3.05, 3.63) is 29.6 Å². The van der Waals surface area contributed by atoms with Gasteiger partial charge >= 0.3 is 0 Å². The van der Waals surface area contributed by atoms with Crippen molar-refractivity contribution < 1.29 is 0 Å². The molecule has 1 aromatic rings. The van der Waals surface area contributed by atoms with Gasteiger partial charge in [-0.1, -0.05) is 19.9 Å². The average molecular weight is 232 g/mol. The van der Waals surface area contributed by atoms with E-state index in [2.05, 4.69) is 35.1 Å². The highest BCUT2D eigenvalue weighted by molar-refractivity contribution is 5.30. The third-order valence-electron chi connectivity index (χ3n) is 2.81. The minimum absolute atomic E-state index is 0.517. The first-order valence-corrected chi connectivity index (χ1v) is 6.08. The molecule has 17 heavy (non-hydrogen) atoms. The molecule has 0 atom stereocenters. The first-order chi connectivity index (χ1) is 8.31. The van der Waals surface area contributed by atoms with Gasteiger partial charge < -0.3 is 10.2 Å². The molecule has 1 aromatic heterocycles. The van der Waals surface area contributed by atoms with Crippen LogP contribution in [0.1, 0.15) is 25.1 Å². The van der Waals surface area contributed by atoms with Gasteiger partial charge in [0.05, 0.1) is 0 Å². The molecule has 0 aliphatic rings. The Bertz CT molecular complexity index is 366. The second-order valence-electron chi connectivity index (χ2n) is 3.83.